The van der Waals surface area contributed by atoms with Gasteiger partial charge in [-0.15, -0.1) is 0 Å². The highest BCUT2D eigenvalue weighted by Gasteiger charge is 2.34. The van der Waals surface area contributed by atoms with Gasteiger partial charge in [0.05, 0.1) is 23.2 Å². The van der Waals surface area contributed by atoms with Gasteiger partial charge in [0.15, 0.2) is 5.13 Å². The zero-order chi connectivity index (χ0) is 18.1. The molecule has 2 aromatic carbocycles. The van der Waals surface area contributed by atoms with E-state index in [4.69, 9.17) is 16.3 Å². The van der Waals surface area contributed by atoms with Gasteiger partial charge in [-0.25, -0.2) is 4.98 Å². The van der Waals surface area contributed by atoms with Crippen LogP contribution in [0, 0.1) is 5.92 Å². The number of carbonyl (C=O) groups excluding carboxylic acids is 1. The minimum absolute atomic E-state index is 0.00356. The summed E-state index contributed by atoms with van der Waals surface area (Å²) in [4.78, 5) is 19.1. The minimum atomic E-state index is 0.00356. The summed E-state index contributed by atoms with van der Waals surface area (Å²) < 4.78 is 6.36. The summed E-state index contributed by atoms with van der Waals surface area (Å²) in [6.07, 6.45) is 0. The van der Waals surface area contributed by atoms with Gasteiger partial charge < -0.3 is 15.0 Å². The van der Waals surface area contributed by atoms with Gasteiger partial charge in [-0.2, -0.15) is 0 Å². The number of halogens is 1. The summed E-state index contributed by atoms with van der Waals surface area (Å²) in [6.45, 7) is 1.92. The molecule has 4 rings (SSSR count). The Morgan fingerprint density at radius 3 is 2.81 bits per heavy atom. The first-order valence-corrected chi connectivity index (χ1v) is 9.53. The number of ether oxygens (including phenoxy) is 1. The summed E-state index contributed by atoms with van der Waals surface area (Å²) >= 11 is 7.51. The first-order valence-electron chi connectivity index (χ1n) is 8.34. The van der Waals surface area contributed by atoms with Crippen molar-refractivity contribution in [2.24, 2.45) is 5.92 Å². The SMILES string of the molecule is COc1ccc2sc(N3CC(C(=O)NCc4ccc(Cl)cc4)C3)nc2c1. The average Bonchev–Trinajstić information content (AvgIpc) is 3.02. The molecule has 0 saturated carbocycles. The summed E-state index contributed by atoms with van der Waals surface area (Å²) in [5, 5.41) is 4.64. The van der Waals surface area contributed by atoms with Crippen molar-refractivity contribution in [2.45, 2.75) is 6.54 Å². The maximum absolute atomic E-state index is 12.3. The van der Waals surface area contributed by atoms with Crippen LogP contribution in [0.1, 0.15) is 5.56 Å². The molecule has 1 saturated heterocycles. The number of hydrogen-bond donors (Lipinski definition) is 1. The van der Waals surface area contributed by atoms with E-state index in [0.717, 1.165) is 26.7 Å². The standard InChI is InChI=1S/C19H18ClN3O2S/c1-25-15-6-7-17-16(8-15)22-19(26-17)23-10-13(11-23)18(24)21-9-12-2-4-14(20)5-3-12/h2-8,13H,9-11H2,1H3,(H,21,24). The van der Waals surface area contributed by atoms with E-state index in [9.17, 15) is 4.79 Å². The lowest BCUT2D eigenvalue weighted by Gasteiger charge is -2.37. The third kappa shape index (κ3) is 3.48. The maximum Gasteiger partial charge on any atom is 0.226 e. The van der Waals surface area contributed by atoms with Gasteiger partial charge >= 0.3 is 0 Å². The van der Waals surface area contributed by atoms with Crippen LogP contribution in [0.5, 0.6) is 5.75 Å². The van der Waals surface area contributed by atoms with Gasteiger partial charge in [0.1, 0.15) is 5.75 Å². The largest absolute Gasteiger partial charge is 0.497 e. The van der Waals surface area contributed by atoms with E-state index < -0.39 is 0 Å². The molecule has 1 aliphatic heterocycles. The van der Waals surface area contributed by atoms with Crippen molar-refractivity contribution in [2.75, 3.05) is 25.1 Å². The molecule has 1 aliphatic rings. The highest BCUT2D eigenvalue weighted by molar-refractivity contribution is 7.22. The van der Waals surface area contributed by atoms with Gasteiger partial charge in [0.25, 0.3) is 0 Å². The van der Waals surface area contributed by atoms with Crippen LogP contribution in [-0.4, -0.2) is 31.1 Å². The molecule has 0 unspecified atom stereocenters. The zero-order valence-electron chi connectivity index (χ0n) is 14.2. The number of anilines is 1. The van der Waals surface area contributed by atoms with E-state index in [1.54, 1.807) is 18.4 Å². The molecule has 1 aromatic heterocycles. The molecular weight excluding hydrogens is 370 g/mol. The number of methoxy groups -OCH3 is 1. The topological polar surface area (TPSA) is 54.5 Å². The predicted molar refractivity (Wildman–Crippen MR) is 105 cm³/mol. The Balaban J connectivity index is 1.33. The van der Waals surface area contributed by atoms with Gasteiger partial charge in [0.2, 0.25) is 5.91 Å². The summed E-state index contributed by atoms with van der Waals surface area (Å²) in [5.74, 6) is 0.889. The Morgan fingerprint density at radius 2 is 2.08 bits per heavy atom. The normalized spacial score (nSPS) is 14.3. The van der Waals surface area contributed by atoms with Crippen molar-refractivity contribution >= 4 is 44.2 Å². The zero-order valence-corrected chi connectivity index (χ0v) is 15.8. The first-order chi connectivity index (χ1) is 12.6. The van der Waals surface area contributed by atoms with Crippen LogP contribution in [-0.2, 0) is 11.3 Å². The van der Waals surface area contributed by atoms with Crippen LogP contribution in [0.25, 0.3) is 10.2 Å². The molecule has 2 heterocycles. The van der Waals surface area contributed by atoms with Crippen molar-refractivity contribution in [3.63, 3.8) is 0 Å². The Bertz CT molecular complexity index is 936. The molecule has 0 bridgehead atoms. The number of fused-ring (bicyclic) bond motifs is 1. The number of nitrogens with zero attached hydrogens (tertiary/aromatic N) is 2. The molecule has 7 heteroatoms. The predicted octanol–water partition coefficient (Wildman–Crippen LogP) is 3.71. The number of thiazole rings is 1. The number of aromatic nitrogens is 1. The van der Waals surface area contributed by atoms with E-state index in [-0.39, 0.29) is 11.8 Å². The molecule has 0 radical (unpaired) electrons. The molecule has 1 N–H and O–H groups in total. The average molecular weight is 388 g/mol. The van der Waals surface area contributed by atoms with Crippen molar-refractivity contribution in [1.82, 2.24) is 10.3 Å². The highest BCUT2D eigenvalue weighted by Crippen LogP contribution is 2.34. The van der Waals surface area contributed by atoms with E-state index in [0.29, 0.717) is 24.7 Å². The van der Waals surface area contributed by atoms with Crippen molar-refractivity contribution < 1.29 is 9.53 Å². The monoisotopic (exact) mass is 387 g/mol. The van der Waals surface area contributed by atoms with Crippen molar-refractivity contribution in [3.8, 4) is 5.75 Å². The molecule has 3 aromatic rings. The van der Waals surface area contributed by atoms with Crippen LogP contribution < -0.4 is 15.0 Å². The van der Waals surface area contributed by atoms with E-state index >= 15 is 0 Å². The third-order valence-corrected chi connectivity index (χ3v) is 5.84. The van der Waals surface area contributed by atoms with Gasteiger partial charge in [-0.3, -0.25) is 4.79 Å². The van der Waals surface area contributed by atoms with Crippen LogP contribution in [0.15, 0.2) is 42.5 Å². The lowest BCUT2D eigenvalue weighted by atomic mass is 10.00. The number of rotatable bonds is 5. The quantitative estimate of drug-likeness (QED) is 0.725. The number of benzene rings is 2. The fraction of sp³-hybridized carbons (Fsp3) is 0.263. The van der Waals surface area contributed by atoms with Gasteiger partial charge in [-0.05, 0) is 29.8 Å². The first kappa shape index (κ1) is 17.1. The smallest absolute Gasteiger partial charge is 0.226 e. The number of carbonyl (C=O) groups is 1. The van der Waals surface area contributed by atoms with Crippen LogP contribution in [0.3, 0.4) is 0 Å². The maximum atomic E-state index is 12.3. The molecule has 1 amide bonds. The molecule has 0 atom stereocenters. The summed E-state index contributed by atoms with van der Waals surface area (Å²) in [6, 6.07) is 13.4. The second-order valence-corrected chi connectivity index (χ2v) is 7.72. The van der Waals surface area contributed by atoms with E-state index in [1.165, 1.54) is 0 Å². The van der Waals surface area contributed by atoms with Crippen LogP contribution >= 0.6 is 22.9 Å². The number of nitrogens with one attached hydrogen (secondary N) is 1. The molecular formula is C19H18ClN3O2S. The molecule has 0 spiro atoms. The van der Waals surface area contributed by atoms with Crippen molar-refractivity contribution in [1.29, 1.82) is 0 Å². The molecule has 5 nitrogen and oxygen atoms in total. The lowest BCUT2D eigenvalue weighted by molar-refractivity contribution is -0.125. The van der Waals surface area contributed by atoms with Crippen LogP contribution in [0.2, 0.25) is 5.02 Å². The third-order valence-electron chi connectivity index (χ3n) is 4.49. The van der Waals surface area contributed by atoms with Crippen LogP contribution in [0.4, 0.5) is 5.13 Å². The molecule has 0 aliphatic carbocycles. The Morgan fingerprint density at radius 1 is 1.31 bits per heavy atom. The molecule has 1 fully saturated rings. The number of hydrogen-bond acceptors (Lipinski definition) is 5. The molecule has 26 heavy (non-hydrogen) atoms. The minimum Gasteiger partial charge on any atom is -0.497 e. The number of amides is 1. The van der Waals surface area contributed by atoms with E-state index in [2.05, 4.69) is 15.2 Å². The second-order valence-electron chi connectivity index (χ2n) is 6.28. The highest BCUT2D eigenvalue weighted by atomic mass is 35.5. The Labute approximate surface area is 160 Å². The van der Waals surface area contributed by atoms with Gasteiger partial charge in [-0.1, -0.05) is 35.1 Å². The Hall–Kier alpha value is -2.31. The summed E-state index contributed by atoms with van der Waals surface area (Å²) in [7, 11) is 1.65. The Kier molecular flexibility index (Phi) is 4.70. The lowest BCUT2D eigenvalue weighted by Crippen LogP contribution is -2.53. The van der Waals surface area contributed by atoms with E-state index in [1.807, 2.05) is 42.5 Å². The molecule has 134 valence electrons. The summed E-state index contributed by atoms with van der Waals surface area (Å²) in [5.41, 5.74) is 1.97. The van der Waals surface area contributed by atoms with Crippen molar-refractivity contribution in [3.05, 3.63) is 53.1 Å². The fourth-order valence-corrected chi connectivity index (χ4v) is 3.98. The fourth-order valence-electron chi connectivity index (χ4n) is 2.89. The second kappa shape index (κ2) is 7.13. The van der Waals surface area contributed by atoms with Gasteiger partial charge in [0, 0.05) is 30.7 Å².